The Balaban J connectivity index is 3.92. The fourth-order valence-corrected chi connectivity index (χ4v) is 11.9. The van der Waals surface area contributed by atoms with E-state index in [9.17, 15) is 19.4 Å². The van der Waals surface area contributed by atoms with Crippen molar-refractivity contribution >= 4 is 13.7 Å². The number of hydrogen-bond acceptors (Lipinski definition) is 5. The number of carbonyl (C=O) groups is 1. The summed E-state index contributed by atoms with van der Waals surface area (Å²) in [6.07, 6.45) is 86.2. The number of nitrogens with one attached hydrogen (secondary N) is 1. The van der Waals surface area contributed by atoms with Crippen LogP contribution in [0.5, 0.6) is 0 Å². The van der Waals surface area contributed by atoms with Gasteiger partial charge in [0.1, 0.15) is 13.2 Å². The summed E-state index contributed by atoms with van der Waals surface area (Å²) in [4.78, 5) is 23.4. The number of aliphatic hydroxyl groups excluding tert-OH is 1. The maximum absolute atomic E-state index is 13.0. The average Bonchev–Trinajstić information content (AvgIpc) is 3.45. The molecule has 486 valence electrons. The number of hydrogen-bond donors (Lipinski definition) is 3. The van der Waals surface area contributed by atoms with Crippen LogP contribution in [0.2, 0.25) is 0 Å². The molecule has 0 aliphatic carbocycles. The van der Waals surface area contributed by atoms with Crippen molar-refractivity contribution in [3.63, 3.8) is 0 Å². The van der Waals surface area contributed by atoms with Gasteiger partial charge in [0.05, 0.1) is 39.9 Å². The first-order valence-electron chi connectivity index (χ1n) is 36.4. The third kappa shape index (κ3) is 66.2. The highest BCUT2D eigenvalue weighted by Crippen LogP contribution is 2.43. The van der Waals surface area contributed by atoms with Crippen LogP contribution in [0.4, 0.5) is 0 Å². The van der Waals surface area contributed by atoms with Gasteiger partial charge < -0.3 is 19.8 Å². The number of unbranched alkanes of at least 4 members (excludes halogenated alkanes) is 51. The molecule has 3 N–H and O–H groups in total. The number of quaternary nitrogens is 1. The Bertz CT molecular complexity index is 1430. The topological polar surface area (TPSA) is 105 Å². The van der Waals surface area contributed by atoms with E-state index >= 15 is 0 Å². The van der Waals surface area contributed by atoms with Crippen molar-refractivity contribution in [2.75, 3.05) is 40.9 Å². The van der Waals surface area contributed by atoms with Crippen molar-refractivity contribution in [3.8, 4) is 0 Å². The van der Waals surface area contributed by atoms with Gasteiger partial charge in [-0.25, -0.2) is 4.57 Å². The Hall–Kier alpha value is -1.28. The van der Waals surface area contributed by atoms with Crippen molar-refractivity contribution in [3.05, 3.63) is 36.5 Å². The molecule has 9 heteroatoms. The summed E-state index contributed by atoms with van der Waals surface area (Å²) < 4.78 is 23.8. The molecule has 0 heterocycles. The molecule has 0 bridgehead atoms. The molecule has 82 heavy (non-hydrogen) atoms. The van der Waals surface area contributed by atoms with Crippen LogP contribution in [-0.4, -0.2) is 73.4 Å². The quantitative estimate of drug-likeness (QED) is 0.0243. The van der Waals surface area contributed by atoms with Gasteiger partial charge in [0, 0.05) is 6.42 Å². The lowest BCUT2D eigenvalue weighted by Gasteiger charge is -2.25. The lowest BCUT2D eigenvalue weighted by atomic mass is 10.0. The molecule has 0 aromatic heterocycles. The van der Waals surface area contributed by atoms with Gasteiger partial charge in [0.25, 0.3) is 0 Å². The van der Waals surface area contributed by atoms with Crippen molar-refractivity contribution in [2.45, 2.75) is 386 Å². The monoisotopic (exact) mass is 1180 g/mol. The molecule has 1 amide bonds. The Labute approximate surface area is 512 Å². The Morgan fingerprint density at radius 2 is 0.671 bits per heavy atom. The number of carbonyl (C=O) groups excluding carboxylic acids is 1. The van der Waals surface area contributed by atoms with E-state index < -0.39 is 20.0 Å². The zero-order chi connectivity index (χ0) is 59.8. The van der Waals surface area contributed by atoms with E-state index in [0.717, 1.165) is 44.9 Å². The first kappa shape index (κ1) is 80.7. The van der Waals surface area contributed by atoms with Crippen LogP contribution in [0.15, 0.2) is 36.5 Å². The number of phosphoric ester groups is 1. The average molecular weight is 1180 g/mol. The second-order valence-electron chi connectivity index (χ2n) is 26.3. The van der Waals surface area contributed by atoms with Crippen molar-refractivity contribution in [1.82, 2.24) is 5.32 Å². The molecule has 8 nitrogen and oxygen atoms in total. The minimum Gasteiger partial charge on any atom is -0.387 e. The summed E-state index contributed by atoms with van der Waals surface area (Å²) in [7, 11) is 1.56. The molecule has 3 atom stereocenters. The van der Waals surface area contributed by atoms with Crippen molar-refractivity contribution in [1.29, 1.82) is 0 Å². The summed E-state index contributed by atoms with van der Waals surface area (Å²) in [5, 5.41) is 14.0. The smallest absolute Gasteiger partial charge is 0.387 e. The minimum atomic E-state index is -4.36. The molecule has 0 saturated heterocycles. The highest BCUT2D eigenvalue weighted by molar-refractivity contribution is 7.47. The molecule has 0 saturated carbocycles. The van der Waals surface area contributed by atoms with Crippen LogP contribution >= 0.6 is 7.82 Å². The summed E-state index contributed by atoms with van der Waals surface area (Å²) >= 11 is 0. The lowest BCUT2D eigenvalue weighted by molar-refractivity contribution is -0.870. The second-order valence-corrected chi connectivity index (χ2v) is 27.8. The third-order valence-electron chi connectivity index (χ3n) is 16.8. The number of phosphoric acid groups is 1. The van der Waals surface area contributed by atoms with Crippen LogP contribution in [0.25, 0.3) is 0 Å². The van der Waals surface area contributed by atoms with E-state index in [0.29, 0.717) is 17.4 Å². The van der Waals surface area contributed by atoms with Crippen LogP contribution in [0, 0.1) is 0 Å². The number of likely N-dealkylation sites (N-methyl/N-ethyl adjacent to an activating group) is 1. The fraction of sp³-hybridized carbons (Fsp3) is 0.904. The van der Waals surface area contributed by atoms with Gasteiger partial charge in [-0.15, -0.1) is 0 Å². The normalized spacial score (nSPS) is 13.8. The predicted molar refractivity (Wildman–Crippen MR) is 360 cm³/mol. The second kappa shape index (κ2) is 64.2. The van der Waals surface area contributed by atoms with Gasteiger partial charge in [-0.1, -0.05) is 359 Å². The highest BCUT2D eigenvalue weighted by atomic mass is 31.2. The van der Waals surface area contributed by atoms with E-state index in [1.54, 1.807) is 6.08 Å². The minimum absolute atomic E-state index is 0.0553. The fourth-order valence-electron chi connectivity index (χ4n) is 11.2. The van der Waals surface area contributed by atoms with Gasteiger partial charge in [-0.3, -0.25) is 13.8 Å². The lowest BCUT2D eigenvalue weighted by Crippen LogP contribution is -2.45. The van der Waals surface area contributed by atoms with Gasteiger partial charge in [-0.2, -0.15) is 0 Å². The van der Waals surface area contributed by atoms with Gasteiger partial charge >= 0.3 is 7.82 Å². The first-order valence-corrected chi connectivity index (χ1v) is 37.9. The summed E-state index contributed by atoms with van der Waals surface area (Å²) in [5.41, 5.74) is 0. The third-order valence-corrected chi connectivity index (χ3v) is 17.8. The maximum atomic E-state index is 13.0. The van der Waals surface area contributed by atoms with E-state index in [-0.39, 0.29) is 19.1 Å². The van der Waals surface area contributed by atoms with Gasteiger partial charge in [0.2, 0.25) is 5.91 Å². The Morgan fingerprint density at radius 3 is 0.976 bits per heavy atom. The predicted octanol–water partition coefficient (Wildman–Crippen LogP) is 23.2. The number of allylic oxidation sites excluding steroid dienone is 5. The molecule has 0 aromatic carbocycles. The van der Waals surface area contributed by atoms with Crippen LogP contribution < -0.4 is 5.32 Å². The summed E-state index contributed by atoms with van der Waals surface area (Å²) in [5.74, 6) is -0.183. The highest BCUT2D eigenvalue weighted by Gasteiger charge is 2.28. The molecular weight excluding hydrogens is 1030 g/mol. The van der Waals surface area contributed by atoms with Crippen molar-refractivity contribution < 1.29 is 32.9 Å². The van der Waals surface area contributed by atoms with Gasteiger partial charge in [0.15, 0.2) is 0 Å². The molecule has 0 rings (SSSR count). The summed E-state index contributed by atoms with van der Waals surface area (Å²) in [6, 6.07) is -0.869. The maximum Gasteiger partial charge on any atom is 0.472 e. The van der Waals surface area contributed by atoms with Gasteiger partial charge in [-0.05, 0) is 44.9 Å². The molecule has 0 aliphatic heterocycles. The van der Waals surface area contributed by atoms with Crippen LogP contribution in [0.3, 0.4) is 0 Å². The molecule has 3 unspecified atom stereocenters. The molecule has 0 fully saturated rings. The van der Waals surface area contributed by atoms with Crippen molar-refractivity contribution in [2.24, 2.45) is 0 Å². The zero-order valence-electron chi connectivity index (χ0n) is 55.8. The number of nitrogens with zero attached hydrogens (tertiary/aromatic N) is 1. The largest absolute Gasteiger partial charge is 0.472 e. The SMILES string of the molecule is CCCCCCCCCCCC/C=C/CC/C=C/CC/C=C/C(O)C(COP(=O)(O)OCC[N+](C)(C)C)NC(=O)CCCCCCCCCCCCCCCCCCCCCCCCCCCCCCCCCCCCCCCCCC. The van der Waals surface area contributed by atoms with E-state index in [1.807, 2.05) is 27.2 Å². The number of amides is 1. The molecule has 0 radical (unpaired) electrons. The number of aliphatic hydroxyl groups is 1. The van der Waals surface area contributed by atoms with E-state index in [4.69, 9.17) is 9.05 Å². The first-order chi connectivity index (χ1) is 40.0. The molecule has 0 aliphatic rings. The van der Waals surface area contributed by atoms with E-state index in [1.165, 1.54) is 308 Å². The zero-order valence-corrected chi connectivity index (χ0v) is 56.7. The summed E-state index contributed by atoms with van der Waals surface area (Å²) in [6.45, 7) is 4.84. The van der Waals surface area contributed by atoms with E-state index in [2.05, 4.69) is 43.5 Å². The standard InChI is InChI=1S/C73H143N2O6P/c1-6-8-10-12-14-16-18-20-22-24-26-28-29-30-31-32-33-34-35-36-37-38-39-40-41-42-43-44-45-46-47-49-51-53-55-57-59-61-63-65-67-73(77)74-71(70-81-82(78,79)80-69-68-75(3,4)5)72(76)66-64-62-60-58-56-54-52-50-48-27-25-23-21-19-17-15-13-11-9-7-2/h48,50,56,58,64,66,71-72,76H,6-47,49,51-55,57,59-63,65,67-70H2,1-5H3,(H-,74,77,78,79)/p+1/b50-48+,58-56+,66-64+. The molecule has 0 spiro atoms. The Kier molecular flexibility index (Phi) is 63.2. The molecule has 0 aromatic rings. The number of rotatable bonds is 68. The van der Waals surface area contributed by atoms with Crippen LogP contribution in [-0.2, 0) is 18.4 Å². The van der Waals surface area contributed by atoms with Crippen LogP contribution in [0.1, 0.15) is 373 Å². The molecular formula is C73H144N2O6P+. The Morgan fingerprint density at radius 1 is 0.402 bits per heavy atom.